The molecule has 1 aromatic heterocycles. The molecule has 1 heterocycles. The number of rotatable bonds is 4. The molecule has 1 unspecified atom stereocenters. The molecule has 0 saturated carbocycles. The summed E-state index contributed by atoms with van der Waals surface area (Å²) >= 11 is 0. The number of ether oxygens (including phenoxy) is 1. The lowest BCUT2D eigenvalue weighted by Gasteiger charge is -2.13. The highest BCUT2D eigenvalue weighted by atomic mass is 16.5. The van der Waals surface area contributed by atoms with Crippen LogP contribution in [0.1, 0.15) is 17.3 Å². The third-order valence-corrected chi connectivity index (χ3v) is 2.71. The Balaban J connectivity index is 2.16. The molecular weight excluding hydrogens is 212 g/mol. The van der Waals surface area contributed by atoms with Gasteiger partial charge in [0.05, 0.1) is 12.8 Å². The number of nitrogens with zero attached hydrogens (tertiary/aromatic N) is 1. The topological polar surface area (TPSA) is 48.1 Å². The number of hydrogen-bond donors (Lipinski definition) is 1. The average Bonchev–Trinajstić information content (AvgIpc) is 2.40. The predicted molar refractivity (Wildman–Crippen MR) is 67.9 cm³/mol. The SMILES string of the molecule is COc1cccnc1CC(N)c1ccccc1. The molecule has 0 bridgehead atoms. The van der Waals surface area contributed by atoms with E-state index in [2.05, 4.69) is 4.98 Å². The lowest BCUT2D eigenvalue weighted by atomic mass is 10.0. The first-order valence-corrected chi connectivity index (χ1v) is 5.59. The number of hydrogen-bond acceptors (Lipinski definition) is 3. The van der Waals surface area contributed by atoms with E-state index in [1.807, 2.05) is 42.5 Å². The smallest absolute Gasteiger partial charge is 0.140 e. The van der Waals surface area contributed by atoms with Gasteiger partial charge in [-0.3, -0.25) is 4.98 Å². The summed E-state index contributed by atoms with van der Waals surface area (Å²) in [6, 6.07) is 13.7. The van der Waals surface area contributed by atoms with E-state index in [-0.39, 0.29) is 6.04 Å². The highest BCUT2D eigenvalue weighted by Crippen LogP contribution is 2.21. The van der Waals surface area contributed by atoms with E-state index in [1.165, 1.54) is 0 Å². The van der Waals surface area contributed by atoms with Crippen LogP contribution in [0.25, 0.3) is 0 Å². The molecule has 2 N–H and O–H groups in total. The maximum absolute atomic E-state index is 6.16. The van der Waals surface area contributed by atoms with Crippen molar-refractivity contribution in [3.63, 3.8) is 0 Å². The van der Waals surface area contributed by atoms with Gasteiger partial charge < -0.3 is 10.5 Å². The molecule has 1 aromatic carbocycles. The van der Waals surface area contributed by atoms with E-state index in [4.69, 9.17) is 10.5 Å². The summed E-state index contributed by atoms with van der Waals surface area (Å²) in [6.45, 7) is 0. The van der Waals surface area contributed by atoms with Crippen LogP contribution in [0.3, 0.4) is 0 Å². The first-order chi connectivity index (χ1) is 8.31. The summed E-state index contributed by atoms with van der Waals surface area (Å²) in [5.74, 6) is 0.791. The van der Waals surface area contributed by atoms with Gasteiger partial charge in [0, 0.05) is 18.7 Å². The first kappa shape index (κ1) is 11.6. The van der Waals surface area contributed by atoms with E-state index < -0.39 is 0 Å². The monoisotopic (exact) mass is 228 g/mol. The van der Waals surface area contributed by atoms with Gasteiger partial charge in [0.25, 0.3) is 0 Å². The van der Waals surface area contributed by atoms with Crippen molar-refractivity contribution in [3.05, 3.63) is 59.9 Å². The second-order valence-corrected chi connectivity index (χ2v) is 3.87. The second kappa shape index (κ2) is 5.46. The Morgan fingerprint density at radius 2 is 1.94 bits per heavy atom. The average molecular weight is 228 g/mol. The van der Waals surface area contributed by atoms with Crippen molar-refractivity contribution in [2.75, 3.05) is 7.11 Å². The van der Waals surface area contributed by atoms with Crippen molar-refractivity contribution in [3.8, 4) is 5.75 Å². The minimum absolute atomic E-state index is 0.0556. The van der Waals surface area contributed by atoms with Crippen LogP contribution in [0.5, 0.6) is 5.75 Å². The molecule has 3 heteroatoms. The zero-order valence-corrected chi connectivity index (χ0v) is 9.84. The van der Waals surface area contributed by atoms with Crippen molar-refractivity contribution < 1.29 is 4.74 Å². The van der Waals surface area contributed by atoms with Gasteiger partial charge in [-0.2, -0.15) is 0 Å². The van der Waals surface area contributed by atoms with Gasteiger partial charge in [-0.15, -0.1) is 0 Å². The molecule has 0 fully saturated rings. The summed E-state index contributed by atoms with van der Waals surface area (Å²) in [5.41, 5.74) is 8.16. The lowest BCUT2D eigenvalue weighted by molar-refractivity contribution is 0.405. The molecule has 0 aliphatic carbocycles. The molecule has 3 nitrogen and oxygen atoms in total. The van der Waals surface area contributed by atoms with E-state index in [0.717, 1.165) is 17.0 Å². The van der Waals surface area contributed by atoms with Gasteiger partial charge in [-0.25, -0.2) is 0 Å². The van der Waals surface area contributed by atoms with Gasteiger partial charge in [0.2, 0.25) is 0 Å². The highest BCUT2D eigenvalue weighted by molar-refractivity contribution is 5.29. The first-order valence-electron chi connectivity index (χ1n) is 5.59. The van der Waals surface area contributed by atoms with Crippen LogP contribution >= 0.6 is 0 Å². The van der Waals surface area contributed by atoms with E-state index >= 15 is 0 Å². The molecule has 0 spiro atoms. The predicted octanol–water partition coefficient (Wildman–Crippen LogP) is 2.33. The molecule has 2 aromatic rings. The lowest BCUT2D eigenvalue weighted by Crippen LogP contribution is -2.14. The molecule has 88 valence electrons. The van der Waals surface area contributed by atoms with Crippen molar-refractivity contribution in [2.45, 2.75) is 12.5 Å². The van der Waals surface area contributed by atoms with Gasteiger partial charge in [0.1, 0.15) is 5.75 Å². The molecule has 0 aliphatic rings. The van der Waals surface area contributed by atoms with Crippen LogP contribution in [-0.2, 0) is 6.42 Å². The standard InChI is InChI=1S/C14H16N2O/c1-17-14-8-5-9-16-13(14)10-12(15)11-6-3-2-4-7-11/h2-9,12H,10,15H2,1H3. The van der Waals surface area contributed by atoms with E-state index in [9.17, 15) is 0 Å². The van der Waals surface area contributed by atoms with Crippen molar-refractivity contribution in [1.29, 1.82) is 0 Å². The third-order valence-electron chi connectivity index (χ3n) is 2.71. The van der Waals surface area contributed by atoms with Gasteiger partial charge in [-0.1, -0.05) is 30.3 Å². The fourth-order valence-corrected chi connectivity index (χ4v) is 1.79. The number of nitrogens with two attached hydrogens (primary N) is 1. The molecule has 2 rings (SSSR count). The normalized spacial score (nSPS) is 12.1. The Hall–Kier alpha value is -1.87. The molecular formula is C14H16N2O. The Morgan fingerprint density at radius 1 is 1.18 bits per heavy atom. The van der Waals surface area contributed by atoms with Crippen LogP contribution in [0.15, 0.2) is 48.7 Å². The Labute approximate surface area is 101 Å². The molecule has 1 atom stereocenters. The van der Waals surface area contributed by atoms with Gasteiger partial charge in [0.15, 0.2) is 0 Å². The number of methoxy groups -OCH3 is 1. The van der Waals surface area contributed by atoms with Crippen molar-refractivity contribution in [1.82, 2.24) is 4.98 Å². The van der Waals surface area contributed by atoms with Crippen molar-refractivity contribution in [2.24, 2.45) is 5.73 Å². The minimum atomic E-state index is -0.0556. The second-order valence-electron chi connectivity index (χ2n) is 3.87. The highest BCUT2D eigenvalue weighted by Gasteiger charge is 2.10. The molecule has 0 saturated heterocycles. The number of pyridine rings is 1. The Kier molecular flexibility index (Phi) is 3.73. The zero-order valence-electron chi connectivity index (χ0n) is 9.84. The van der Waals surface area contributed by atoms with Gasteiger partial charge >= 0.3 is 0 Å². The van der Waals surface area contributed by atoms with Crippen LogP contribution in [-0.4, -0.2) is 12.1 Å². The van der Waals surface area contributed by atoms with Gasteiger partial charge in [-0.05, 0) is 17.7 Å². The maximum atomic E-state index is 6.16. The van der Waals surface area contributed by atoms with Crippen LogP contribution in [0.4, 0.5) is 0 Å². The largest absolute Gasteiger partial charge is 0.495 e. The van der Waals surface area contributed by atoms with E-state index in [1.54, 1.807) is 13.3 Å². The zero-order chi connectivity index (χ0) is 12.1. The minimum Gasteiger partial charge on any atom is -0.495 e. The van der Waals surface area contributed by atoms with Crippen LogP contribution < -0.4 is 10.5 Å². The molecule has 17 heavy (non-hydrogen) atoms. The van der Waals surface area contributed by atoms with Crippen LogP contribution in [0, 0.1) is 0 Å². The number of benzene rings is 1. The maximum Gasteiger partial charge on any atom is 0.140 e. The Bertz CT molecular complexity index is 471. The van der Waals surface area contributed by atoms with E-state index in [0.29, 0.717) is 6.42 Å². The number of aromatic nitrogens is 1. The molecule has 0 amide bonds. The summed E-state index contributed by atoms with van der Waals surface area (Å²) in [4.78, 5) is 4.31. The summed E-state index contributed by atoms with van der Waals surface area (Å²) in [6.07, 6.45) is 2.43. The summed E-state index contributed by atoms with van der Waals surface area (Å²) in [5, 5.41) is 0. The fraction of sp³-hybridized carbons (Fsp3) is 0.214. The molecule has 0 radical (unpaired) electrons. The fourth-order valence-electron chi connectivity index (χ4n) is 1.79. The van der Waals surface area contributed by atoms with Crippen LogP contribution in [0.2, 0.25) is 0 Å². The Morgan fingerprint density at radius 3 is 2.65 bits per heavy atom. The quantitative estimate of drug-likeness (QED) is 0.873. The third kappa shape index (κ3) is 2.82. The summed E-state index contributed by atoms with van der Waals surface area (Å²) in [7, 11) is 1.65. The summed E-state index contributed by atoms with van der Waals surface area (Å²) < 4.78 is 5.26. The molecule has 0 aliphatic heterocycles. The van der Waals surface area contributed by atoms with Crippen molar-refractivity contribution >= 4 is 0 Å².